The van der Waals surface area contributed by atoms with Crippen LogP contribution >= 0.6 is 0 Å². The first kappa shape index (κ1) is 62.3. The molecule has 0 spiro atoms. The fraction of sp³-hybridized carbons (Fsp3) is 0.608. The van der Waals surface area contributed by atoms with E-state index in [-0.39, 0.29) is 72.2 Å². The molecular formula is C51H70N12O18S. The van der Waals surface area contributed by atoms with E-state index in [4.69, 9.17) is 15.3 Å². The van der Waals surface area contributed by atoms with E-state index in [2.05, 4.69) is 47.5 Å². The van der Waals surface area contributed by atoms with E-state index in [1.807, 2.05) is 0 Å². The number of aromatic amines is 1. The SMILES string of the molecule is CC[C@H](C)[C@@H]1NC(=O)CNC(=O)C2Cc3c4[nH]c5cc(ccc35)OC(CCCCCCNC(=O)ON3C(=O)CCC3=O)(C(=O)[C@H](CC(N)=O)NC(=O)C(C[S+]4[O-])NC(=O)CNC1=O)N1C[C@H](O)C[C@]1(C=O)N[C@@H]([C@@H](C)[C@@H](O)CO)C(=O)N2. The highest BCUT2D eigenvalue weighted by Crippen LogP contribution is 2.42. The maximum Gasteiger partial charge on any atom is 0.432 e. The highest BCUT2D eigenvalue weighted by molar-refractivity contribution is 7.91. The molecule has 8 bridgehead atoms. The zero-order valence-corrected chi connectivity index (χ0v) is 46.2. The fourth-order valence-electron chi connectivity index (χ4n) is 10.8. The van der Waals surface area contributed by atoms with Gasteiger partial charge in [0.05, 0.1) is 49.9 Å². The number of carbonyl (C=O) groups is 12. The predicted octanol–water partition coefficient (Wildman–Crippen LogP) is -4.75. The van der Waals surface area contributed by atoms with Crippen molar-refractivity contribution in [3.8, 4) is 5.75 Å². The summed E-state index contributed by atoms with van der Waals surface area (Å²) in [6, 6.07) is -4.46. The second kappa shape index (κ2) is 26.7. The molecule has 30 nitrogen and oxygen atoms in total. The number of carbonyl (C=O) groups excluding carboxylic acids is 12. The van der Waals surface area contributed by atoms with Crippen LogP contribution < -0.4 is 53.0 Å². The van der Waals surface area contributed by atoms with Gasteiger partial charge in [-0.25, -0.2) is 9.69 Å². The number of ketones is 1. The lowest BCUT2D eigenvalue weighted by Gasteiger charge is -2.49. The molecule has 4 unspecified atom stereocenters. The van der Waals surface area contributed by atoms with Crippen LogP contribution in [0.5, 0.6) is 5.75 Å². The van der Waals surface area contributed by atoms with Crippen LogP contribution in [0.1, 0.15) is 90.5 Å². The number of hydroxylamine groups is 2. The molecule has 1 aromatic carbocycles. The molecule has 0 saturated carbocycles. The predicted molar refractivity (Wildman–Crippen MR) is 283 cm³/mol. The molecule has 0 radical (unpaired) electrons. The zero-order chi connectivity index (χ0) is 59.8. The van der Waals surface area contributed by atoms with Crippen LogP contribution in [0.15, 0.2) is 23.2 Å². The Labute approximate surface area is 472 Å². The van der Waals surface area contributed by atoms with Gasteiger partial charge in [0.15, 0.2) is 12.3 Å². The third-order valence-corrected chi connectivity index (χ3v) is 16.8. The number of unbranched alkanes of at least 4 members (excludes halogenated alkanes) is 3. The van der Waals surface area contributed by atoms with Gasteiger partial charge in [-0.05, 0) is 30.9 Å². The van der Waals surface area contributed by atoms with Crippen molar-refractivity contribution in [1.29, 1.82) is 0 Å². The summed E-state index contributed by atoms with van der Waals surface area (Å²) < 4.78 is 21.9. The van der Waals surface area contributed by atoms with Gasteiger partial charge in [0, 0.05) is 79.3 Å². The number of hydrogen-bond donors (Lipinski definition) is 13. The molecule has 14 N–H and O–H groups in total. The summed E-state index contributed by atoms with van der Waals surface area (Å²) >= 11 is -2.40. The van der Waals surface area contributed by atoms with Crippen molar-refractivity contribution >= 4 is 93.4 Å². The van der Waals surface area contributed by atoms with Crippen LogP contribution in [-0.2, 0) is 75.2 Å². The zero-order valence-electron chi connectivity index (χ0n) is 45.4. The lowest BCUT2D eigenvalue weighted by molar-refractivity contribution is -0.176. The maximum atomic E-state index is 16.2. The Hall–Kier alpha value is -7.29. The summed E-state index contributed by atoms with van der Waals surface area (Å²) in [6.07, 6.45) is -5.81. The fourth-order valence-corrected chi connectivity index (χ4v) is 12.2. The molecule has 10 amide bonds. The van der Waals surface area contributed by atoms with Crippen molar-refractivity contribution in [3.63, 3.8) is 0 Å². The van der Waals surface area contributed by atoms with Gasteiger partial charge in [0.2, 0.25) is 57.9 Å². The van der Waals surface area contributed by atoms with Crippen molar-refractivity contribution in [3.05, 3.63) is 23.8 Å². The second-order valence-electron chi connectivity index (χ2n) is 21.2. The Balaban J connectivity index is 1.42. The molecule has 12 atom stereocenters. The maximum absolute atomic E-state index is 16.2. The lowest BCUT2D eigenvalue weighted by atomic mass is 9.88. The number of nitrogens with two attached hydrogens (primary N) is 1. The number of imide groups is 1. The number of nitrogens with zero attached hydrogens (tertiary/aromatic N) is 2. The van der Waals surface area contributed by atoms with Gasteiger partial charge in [-0.3, -0.25) is 58.1 Å². The van der Waals surface area contributed by atoms with Crippen LogP contribution in [0.25, 0.3) is 10.9 Å². The minimum absolute atomic E-state index is 0.0222. The molecular weight excluding hydrogens is 1100 g/mol. The summed E-state index contributed by atoms with van der Waals surface area (Å²) in [4.78, 5) is 175. The van der Waals surface area contributed by atoms with E-state index >= 15 is 9.59 Å². The molecule has 448 valence electrons. The Morgan fingerprint density at radius 2 is 1.60 bits per heavy atom. The number of benzene rings is 1. The van der Waals surface area contributed by atoms with Crippen molar-refractivity contribution in [2.24, 2.45) is 17.6 Å². The molecule has 82 heavy (non-hydrogen) atoms. The third kappa shape index (κ3) is 14.0. The molecule has 6 aliphatic rings. The van der Waals surface area contributed by atoms with Crippen LogP contribution in [0.2, 0.25) is 0 Å². The lowest BCUT2D eigenvalue weighted by Crippen LogP contribution is -2.74. The number of fused-ring (bicyclic) bond motifs is 6. The molecule has 2 fully saturated rings. The minimum Gasteiger partial charge on any atom is -0.610 e. The summed E-state index contributed by atoms with van der Waals surface area (Å²) in [6.45, 7) is 1.55. The first-order valence-corrected chi connectivity index (χ1v) is 28.4. The Morgan fingerprint density at radius 3 is 2.27 bits per heavy atom. The molecule has 6 aliphatic heterocycles. The van der Waals surface area contributed by atoms with Gasteiger partial charge in [-0.15, -0.1) is 5.06 Å². The van der Waals surface area contributed by atoms with E-state index in [1.54, 1.807) is 13.8 Å². The number of aliphatic hydroxyl groups excluding tert-OH is 3. The van der Waals surface area contributed by atoms with Crippen LogP contribution in [0.4, 0.5) is 4.79 Å². The number of aldehydes is 1. The smallest absolute Gasteiger partial charge is 0.432 e. The molecule has 7 heterocycles. The van der Waals surface area contributed by atoms with Gasteiger partial charge >= 0.3 is 6.09 Å². The summed E-state index contributed by atoms with van der Waals surface area (Å²) in [5.74, 6) is -12.6. The summed E-state index contributed by atoms with van der Waals surface area (Å²) in [5.41, 5.74) is 1.01. The average molecular weight is 1170 g/mol. The first-order valence-electron chi connectivity index (χ1n) is 27.0. The molecule has 8 rings (SSSR count). The largest absolute Gasteiger partial charge is 0.610 e. The van der Waals surface area contributed by atoms with Crippen LogP contribution in [-0.4, -0.2) is 198 Å². The van der Waals surface area contributed by atoms with Crippen LogP contribution in [0.3, 0.4) is 0 Å². The number of amides is 10. The highest BCUT2D eigenvalue weighted by atomic mass is 32.2. The molecule has 1 aromatic heterocycles. The topological polar surface area (TPSA) is 452 Å². The first-order chi connectivity index (χ1) is 38.9. The van der Waals surface area contributed by atoms with Gasteiger partial charge in [-0.1, -0.05) is 40.0 Å². The Kier molecular flexibility index (Phi) is 20.3. The Morgan fingerprint density at radius 1 is 0.915 bits per heavy atom. The van der Waals surface area contributed by atoms with Crippen molar-refractivity contribution < 1.29 is 87.0 Å². The summed E-state index contributed by atoms with van der Waals surface area (Å²) in [5, 5.41) is 54.3. The third-order valence-electron chi connectivity index (χ3n) is 15.4. The highest BCUT2D eigenvalue weighted by Gasteiger charge is 2.62. The van der Waals surface area contributed by atoms with Gasteiger partial charge in [-0.2, -0.15) is 0 Å². The van der Waals surface area contributed by atoms with E-state index < -0.39 is 200 Å². The average Bonchev–Trinajstić information content (AvgIpc) is 2.57. The molecule has 31 heteroatoms. The second-order valence-corrected chi connectivity index (χ2v) is 22.6. The number of primary amides is 1. The molecule has 2 aromatic rings. The number of hydrogen-bond acceptors (Lipinski definition) is 20. The number of rotatable bonds is 16. The van der Waals surface area contributed by atoms with E-state index in [1.165, 1.54) is 25.1 Å². The van der Waals surface area contributed by atoms with Crippen molar-refractivity contribution in [2.45, 2.75) is 150 Å². The number of nitrogens with one attached hydrogen (secondary N) is 9. The van der Waals surface area contributed by atoms with Gasteiger partial charge < -0.3 is 77.4 Å². The number of Topliss-reactive ketones (excluding diaryl/α,β-unsaturated/α-hetero) is 1. The van der Waals surface area contributed by atoms with Crippen molar-refractivity contribution in [2.75, 3.05) is 38.5 Å². The Bertz CT molecular complexity index is 2820. The quantitative estimate of drug-likeness (QED) is 0.0325. The standard InChI is InChI=1S/C51H70N12O18S/c1-4-25(2)41-46(76)55-19-37(69)56-34-23-82(79)48-30-16-33(44(74)54-20-38(70)60-41)58-47(77)42(26(3)35(67)22-64)61-50(24-65)18-27(66)21-62(50)51(43(73)32(17-36(52)68)57-45(34)75,80-28-9-10-29(30)31(15-28)59-48)13-7-5-6-8-14-53-49(78)81-63-39(71)11-12-40(63)72/h9-10,15,24-27,32-35,41-42,59,61,64,66-67H,4-8,11-14,16-23H2,1-3H3,(H2,52,68)(H,53,78)(H,54,74)(H,55,76)(H,56,69)(H,57,75)(H,58,77)(H,60,70)/t25-,26-,27+,32-,33?,34?,35-,41-,42-,50-,51?,82?/m0/s1. The van der Waals surface area contributed by atoms with Crippen LogP contribution in [0, 0.1) is 11.8 Å². The normalized spacial score (nSPS) is 29.0. The minimum atomic E-state index is -2.62. The van der Waals surface area contributed by atoms with E-state index in [0.717, 1.165) is 4.90 Å². The van der Waals surface area contributed by atoms with Gasteiger partial charge in [0.1, 0.15) is 35.3 Å². The molecule has 2 saturated heterocycles. The number of ether oxygens (including phenoxy) is 1. The number of aliphatic hydroxyl groups is 3. The monoisotopic (exact) mass is 1170 g/mol. The van der Waals surface area contributed by atoms with E-state index in [0.29, 0.717) is 17.9 Å². The number of aromatic nitrogens is 1. The van der Waals surface area contributed by atoms with E-state index in [9.17, 15) is 67.8 Å². The molecule has 0 aliphatic carbocycles. The van der Waals surface area contributed by atoms with Crippen molar-refractivity contribution in [1.82, 2.24) is 57.5 Å². The summed E-state index contributed by atoms with van der Waals surface area (Å²) in [7, 11) is 0. The number of H-pyrrole nitrogens is 1. The van der Waals surface area contributed by atoms with Gasteiger partial charge in [0.25, 0.3) is 11.8 Å².